The topological polar surface area (TPSA) is 93.4 Å². The standard InChI is InChI=1S/C13H15N3O3/c1-2-16(8-7-12(17)18)13(19)15-11-5-3-10(9-14)4-6-11/h3-6H,2,7-8H2,1H3,(H,15,19)(H,17,18). The number of carbonyl (C=O) groups excluding carboxylic acids is 1. The first kappa shape index (κ1) is 14.5. The molecule has 19 heavy (non-hydrogen) atoms. The van der Waals surface area contributed by atoms with E-state index < -0.39 is 5.97 Å². The first-order chi connectivity index (χ1) is 9.06. The van der Waals surface area contributed by atoms with Gasteiger partial charge in [0, 0.05) is 18.8 Å². The number of hydrogen-bond acceptors (Lipinski definition) is 3. The summed E-state index contributed by atoms with van der Waals surface area (Å²) in [6.07, 6.45) is -0.0887. The van der Waals surface area contributed by atoms with Crippen molar-refractivity contribution in [3.8, 4) is 6.07 Å². The first-order valence-electron chi connectivity index (χ1n) is 5.84. The van der Waals surface area contributed by atoms with Crippen LogP contribution in [0.2, 0.25) is 0 Å². The fourth-order valence-corrected chi connectivity index (χ4v) is 1.46. The second kappa shape index (κ2) is 7.01. The largest absolute Gasteiger partial charge is 0.481 e. The minimum atomic E-state index is -0.940. The van der Waals surface area contributed by atoms with E-state index in [9.17, 15) is 9.59 Å². The Kier molecular flexibility index (Phi) is 5.35. The highest BCUT2D eigenvalue weighted by Gasteiger charge is 2.12. The summed E-state index contributed by atoms with van der Waals surface area (Å²) in [7, 11) is 0. The molecule has 0 aliphatic rings. The lowest BCUT2D eigenvalue weighted by atomic mass is 10.2. The number of anilines is 1. The number of rotatable bonds is 5. The van der Waals surface area contributed by atoms with Gasteiger partial charge in [-0.05, 0) is 31.2 Å². The highest BCUT2D eigenvalue weighted by Crippen LogP contribution is 2.09. The number of hydrogen-bond donors (Lipinski definition) is 2. The van der Waals surface area contributed by atoms with E-state index in [1.807, 2.05) is 6.07 Å². The molecule has 0 spiro atoms. The molecule has 0 aliphatic carbocycles. The van der Waals surface area contributed by atoms with Crippen LogP contribution < -0.4 is 5.32 Å². The quantitative estimate of drug-likeness (QED) is 0.846. The van der Waals surface area contributed by atoms with Crippen molar-refractivity contribution in [3.63, 3.8) is 0 Å². The van der Waals surface area contributed by atoms with Crippen molar-refractivity contribution in [1.82, 2.24) is 4.90 Å². The van der Waals surface area contributed by atoms with E-state index >= 15 is 0 Å². The summed E-state index contributed by atoms with van der Waals surface area (Å²) in [6.45, 7) is 2.36. The van der Waals surface area contributed by atoms with Gasteiger partial charge in [-0.1, -0.05) is 0 Å². The number of carboxylic acids is 1. The van der Waals surface area contributed by atoms with Gasteiger partial charge in [0.2, 0.25) is 0 Å². The zero-order valence-electron chi connectivity index (χ0n) is 10.6. The maximum atomic E-state index is 11.9. The molecule has 1 rings (SSSR count). The van der Waals surface area contributed by atoms with E-state index in [2.05, 4.69) is 5.32 Å². The highest BCUT2D eigenvalue weighted by molar-refractivity contribution is 5.89. The molecule has 0 radical (unpaired) electrons. The molecule has 100 valence electrons. The third-order valence-corrected chi connectivity index (χ3v) is 2.53. The van der Waals surface area contributed by atoms with E-state index in [1.165, 1.54) is 4.90 Å². The zero-order chi connectivity index (χ0) is 14.3. The molecule has 0 unspecified atom stereocenters. The summed E-state index contributed by atoms with van der Waals surface area (Å²) in [5, 5.41) is 19.9. The van der Waals surface area contributed by atoms with Crippen LogP contribution in [0.3, 0.4) is 0 Å². The molecule has 6 heteroatoms. The van der Waals surface area contributed by atoms with E-state index in [4.69, 9.17) is 10.4 Å². The average Bonchev–Trinajstić information content (AvgIpc) is 2.40. The molecule has 0 aromatic heterocycles. The van der Waals surface area contributed by atoms with Gasteiger partial charge in [0.05, 0.1) is 18.1 Å². The molecule has 0 saturated heterocycles. The molecule has 0 bridgehead atoms. The molecule has 6 nitrogen and oxygen atoms in total. The predicted molar refractivity (Wildman–Crippen MR) is 69.7 cm³/mol. The van der Waals surface area contributed by atoms with Crippen LogP contribution >= 0.6 is 0 Å². The van der Waals surface area contributed by atoms with Crippen molar-refractivity contribution in [2.75, 3.05) is 18.4 Å². The van der Waals surface area contributed by atoms with Crippen molar-refractivity contribution in [3.05, 3.63) is 29.8 Å². The summed E-state index contributed by atoms with van der Waals surface area (Å²) in [5.41, 5.74) is 1.08. The smallest absolute Gasteiger partial charge is 0.321 e. The van der Waals surface area contributed by atoms with Crippen LogP contribution in [0.25, 0.3) is 0 Å². The van der Waals surface area contributed by atoms with Crippen molar-refractivity contribution in [2.45, 2.75) is 13.3 Å². The van der Waals surface area contributed by atoms with E-state index in [-0.39, 0.29) is 19.0 Å². The van der Waals surface area contributed by atoms with Gasteiger partial charge in [-0.3, -0.25) is 4.79 Å². The summed E-state index contributed by atoms with van der Waals surface area (Å²) >= 11 is 0. The van der Waals surface area contributed by atoms with Crippen molar-refractivity contribution in [1.29, 1.82) is 5.26 Å². The number of nitrogens with zero attached hydrogens (tertiary/aromatic N) is 2. The van der Waals surface area contributed by atoms with Gasteiger partial charge in [-0.25, -0.2) is 4.79 Å². The van der Waals surface area contributed by atoms with Crippen LogP contribution in [-0.4, -0.2) is 35.1 Å². The Labute approximate surface area is 111 Å². The number of nitrogens with one attached hydrogen (secondary N) is 1. The molecular weight excluding hydrogens is 246 g/mol. The second-order valence-electron chi connectivity index (χ2n) is 3.84. The van der Waals surface area contributed by atoms with E-state index in [1.54, 1.807) is 31.2 Å². The number of aliphatic carboxylic acids is 1. The maximum Gasteiger partial charge on any atom is 0.321 e. The minimum Gasteiger partial charge on any atom is -0.481 e. The van der Waals surface area contributed by atoms with E-state index in [0.29, 0.717) is 17.8 Å². The van der Waals surface area contributed by atoms with Crippen molar-refractivity contribution in [2.24, 2.45) is 0 Å². The van der Waals surface area contributed by atoms with Gasteiger partial charge >= 0.3 is 12.0 Å². The Bertz CT molecular complexity index is 491. The molecule has 0 atom stereocenters. The Morgan fingerprint density at radius 1 is 1.37 bits per heavy atom. The van der Waals surface area contributed by atoms with Crippen LogP contribution in [0.1, 0.15) is 18.9 Å². The van der Waals surface area contributed by atoms with Gasteiger partial charge in [-0.2, -0.15) is 5.26 Å². The molecule has 1 aromatic rings. The second-order valence-corrected chi connectivity index (χ2v) is 3.84. The Morgan fingerprint density at radius 3 is 2.47 bits per heavy atom. The van der Waals surface area contributed by atoms with Crippen LogP contribution in [0.4, 0.5) is 10.5 Å². The molecule has 0 fully saturated rings. The predicted octanol–water partition coefficient (Wildman–Crippen LogP) is 1.89. The number of benzene rings is 1. The SMILES string of the molecule is CCN(CCC(=O)O)C(=O)Nc1ccc(C#N)cc1. The molecule has 0 aliphatic heterocycles. The molecule has 0 heterocycles. The summed E-state index contributed by atoms with van der Waals surface area (Å²) in [6, 6.07) is 8.09. The van der Waals surface area contributed by atoms with Crippen LogP contribution in [0, 0.1) is 11.3 Å². The first-order valence-corrected chi connectivity index (χ1v) is 5.84. The summed E-state index contributed by atoms with van der Waals surface area (Å²) in [4.78, 5) is 23.8. The summed E-state index contributed by atoms with van der Waals surface area (Å²) in [5.74, 6) is -0.940. The third kappa shape index (κ3) is 4.68. The maximum absolute atomic E-state index is 11.9. The van der Waals surface area contributed by atoms with Crippen LogP contribution in [0.5, 0.6) is 0 Å². The number of carboxylic acid groups (broad SMARTS) is 1. The van der Waals surface area contributed by atoms with E-state index in [0.717, 1.165) is 0 Å². The Morgan fingerprint density at radius 2 is 2.00 bits per heavy atom. The third-order valence-electron chi connectivity index (χ3n) is 2.53. The lowest BCUT2D eigenvalue weighted by molar-refractivity contribution is -0.137. The van der Waals surface area contributed by atoms with Crippen molar-refractivity contribution >= 4 is 17.7 Å². The molecule has 2 amide bonds. The molecule has 2 N–H and O–H groups in total. The lowest BCUT2D eigenvalue weighted by Gasteiger charge is -2.20. The minimum absolute atomic E-state index is 0.0887. The number of carbonyl (C=O) groups is 2. The van der Waals surface area contributed by atoms with Gasteiger partial charge in [0.15, 0.2) is 0 Å². The zero-order valence-corrected chi connectivity index (χ0v) is 10.6. The Balaban J connectivity index is 2.60. The summed E-state index contributed by atoms with van der Waals surface area (Å²) < 4.78 is 0. The van der Waals surface area contributed by atoms with Gasteiger partial charge in [0.1, 0.15) is 0 Å². The van der Waals surface area contributed by atoms with Crippen molar-refractivity contribution < 1.29 is 14.7 Å². The van der Waals surface area contributed by atoms with Gasteiger partial charge in [0.25, 0.3) is 0 Å². The number of urea groups is 1. The highest BCUT2D eigenvalue weighted by atomic mass is 16.4. The van der Waals surface area contributed by atoms with Gasteiger partial charge < -0.3 is 15.3 Å². The van der Waals surface area contributed by atoms with Gasteiger partial charge in [-0.15, -0.1) is 0 Å². The fourth-order valence-electron chi connectivity index (χ4n) is 1.46. The molecule has 1 aromatic carbocycles. The Hall–Kier alpha value is -2.55. The van der Waals surface area contributed by atoms with Crippen LogP contribution in [-0.2, 0) is 4.79 Å². The average molecular weight is 261 g/mol. The molecule has 0 saturated carbocycles. The normalized spacial score (nSPS) is 9.47. The van der Waals surface area contributed by atoms with Crippen LogP contribution in [0.15, 0.2) is 24.3 Å². The molecular formula is C13H15N3O3. The lowest BCUT2D eigenvalue weighted by Crippen LogP contribution is -2.36. The monoisotopic (exact) mass is 261 g/mol. The fraction of sp³-hybridized carbons (Fsp3) is 0.308. The number of nitriles is 1. The number of amides is 2.